The molecule has 1 aromatic carbocycles. The number of aromatic nitrogens is 2. The van der Waals surface area contributed by atoms with Crippen molar-refractivity contribution in [1.29, 1.82) is 0 Å². The van der Waals surface area contributed by atoms with E-state index >= 15 is 0 Å². The molecule has 0 bridgehead atoms. The fourth-order valence-corrected chi connectivity index (χ4v) is 3.03. The highest BCUT2D eigenvalue weighted by molar-refractivity contribution is 7.80. The van der Waals surface area contributed by atoms with Gasteiger partial charge in [0.25, 0.3) is 5.91 Å². The van der Waals surface area contributed by atoms with Gasteiger partial charge in [-0.2, -0.15) is 5.10 Å². The van der Waals surface area contributed by atoms with Crippen LogP contribution in [0.3, 0.4) is 0 Å². The van der Waals surface area contributed by atoms with Crippen molar-refractivity contribution in [2.45, 2.75) is 40.3 Å². The number of ether oxygens (including phenoxy) is 1. The van der Waals surface area contributed by atoms with Crippen molar-refractivity contribution < 1.29 is 9.53 Å². The molecule has 2 aromatic rings. The van der Waals surface area contributed by atoms with Crippen LogP contribution in [0.5, 0.6) is 0 Å². The first-order valence-electron chi connectivity index (χ1n) is 8.77. The maximum Gasteiger partial charge on any atom is 0.273 e. The molecule has 1 aromatic heterocycles. The zero-order valence-electron chi connectivity index (χ0n) is 16.4. The third kappa shape index (κ3) is 5.77. The van der Waals surface area contributed by atoms with E-state index in [0.717, 1.165) is 11.3 Å². The number of hydrogen-bond acceptors (Lipinski definition) is 4. The first-order chi connectivity index (χ1) is 12.8. The lowest BCUT2D eigenvalue weighted by Gasteiger charge is -2.16. The monoisotopic (exact) mass is 389 g/mol. The molecule has 8 heteroatoms. The van der Waals surface area contributed by atoms with E-state index in [1.54, 1.807) is 7.11 Å². The molecular weight excluding hydrogens is 362 g/mol. The summed E-state index contributed by atoms with van der Waals surface area (Å²) in [6, 6.07) is 8.30. The van der Waals surface area contributed by atoms with Crippen molar-refractivity contribution >= 4 is 23.2 Å². The summed E-state index contributed by atoms with van der Waals surface area (Å²) in [5.41, 5.74) is 9.71. The lowest BCUT2D eigenvalue weighted by atomic mass is 10.1. The van der Waals surface area contributed by atoms with Gasteiger partial charge in [0.15, 0.2) is 5.11 Å². The van der Waals surface area contributed by atoms with E-state index < -0.39 is 0 Å². The number of aryl methyl sites for hydroxylation is 2. The molecule has 27 heavy (non-hydrogen) atoms. The Labute approximate surface area is 165 Å². The molecule has 0 aliphatic carbocycles. The average molecular weight is 390 g/mol. The SMILES string of the molecule is COC[C@@H](C)NC(=S)NNC(=O)c1c(C)nn(Cc2ccc(C)cc2)c1C. The summed E-state index contributed by atoms with van der Waals surface area (Å²) < 4.78 is 6.88. The van der Waals surface area contributed by atoms with Gasteiger partial charge in [0.2, 0.25) is 0 Å². The molecule has 0 aliphatic rings. The first-order valence-corrected chi connectivity index (χ1v) is 9.18. The van der Waals surface area contributed by atoms with Crippen LogP contribution in [0.1, 0.15) is 39.8 Å². The number of rotatable bonds is 6. The van der Waals surface area contributed by atoms with Gasteiger partial charge in [-0.1, -0.05) is 29.8 Å². The van der Waals surface area contributed by atoms with Crippen molar-refractivity contribution in [2.24, 2.45) is 0 Å². The van der Waals surface area contributed by atoms with Crippen molar-refractivity contribution in [3.05, 3.63) is 52.3 Å². The Morgan fingerprint density at radius 1 is 1.22 bits per heavy atom. The van der Waals surface area contributed by atoms with Gasteiger partial charge >= 0.3 is 0 Å². The second-order valence-corrected chi connectivity index (χ2v) is 7.01. The van der Waals surface area contributed by atoms with Gasteiger partial charge in [0.05, 0.1) is 24.4 Å². The first kappa shape index (κ1) is 20.9. The van der Waals surface area contributed by atoms with Crippen LogP contribution >= 0.6 is 12.2 Å². The van der Waals surface area contributed by atoms with Gasteiger partial charge in [0.1, 0.15) is 0 Å². The second kappa shape index (κ2) is 9.48. The maximum absolute atomic E-state index is 12.6. The normalized spacial score (nSPS) is 11.7. The van der Waals surface area contributed by atoms with Crippen LogP contribution in [0.25, 0.3) is 0 Å². The van der Waals surface area contributed by atoms with E-state index in [0.29, 0.717) is 29.5 Å². The quantitative estimate of drug-likeness (QED) is 0.518. The van der Waals surface area contributed by atoms with E-state index in [1.807, 2.05) is 25.5 Å². The number of benzene rings is 1. The Kier molecular flexibility index (Phi) is 7.32. The minimum absolute atomic E-state index is 0.0348. The average Bonchev–Trinajstić information content (AvgIpc) is 2.88. The molecule has 0 aliphatic heterocycles. The summed E-state index contributed by atoms with van der Waals surface area (Å²) in [5.74, 6) is -0.274. The van der Waals surface area contributed by atoms with Crippen LogP contribution in [0, 0.1) is 20.8 Å². The molecule has 1 heterocycles. The van der Waals surface area contributed by atoms with Crippen molar-refractivity contribution in [3.63, 3.8) is 0 Å². The Morgan fingerprint density at radius 3 is 2.52 bits per heavy atom. The van der Waals surface area contributed by atoms with E-state index in [9.17, 15) is 4.79 Å². The number of hydrazine groups is 1. The van der Waals surface area contributed by atoms with Crippen LogP contribution in [0.4, 0.5) is 0 Å². The van der Waals surface area contributed by atoms with Crippen LogP contribution in [-0.4, -0.2) is 40.6 Å². The molecule has 2 rings (SSSR count). The number of nitrogens with one attached hydrogen (secondary N) is 3. The molecule has 3 N–H and O–H groups in total. The molecule has 0 saturated heterocycles. The summed E-state index contributed by atoms with van der Waals surface area (Å²) in [7, 11) is 1.62. The topological polar surface area (TPSA) is 80.2 Å². The molecule has 0 saturated carbocycles. The highest BCUT2D eigenvalue weighted by Crippen LogP contribution is 2.15. The van der Waals surface area contributed by atoms with Gasteiger partial charge < -0.3 is 10.1 Å². The Balaban J connectivity index is 2.01. The second-order valence-electron chi connectivity index (χ2n) is 6.60. The van der Waals surface area contributed by atoms with E-state index in [1.165, 1.54) is 5.56 Å². The molecule has 1 amide bonds. The molecule has 0 fully saturated rings. The van der Waals surface area contributed by atoms with Crippen molar-refractivity contribution in [2.75, 3.05) is 13.7 Å². The van der Waals surface area contributed by atoms with Gasteiger partial charge in [-0.05, 0) is 45.5 Å². The smallest absolute Gasteiger partial charge is 0.273 e. The van der Waals surface area contributed by atoms with Crippen LogP contribution in [0.2, 0.25) is 0 Å². The zero-order valence-corrected chi connectivity index (χ0v) is 17.2. The molecule has 0 unspecified atom stereocenters. The fourth-order valence-electron chi connectivity index (χ4n) is 2.77. The number of hydrogen-bond donors (Lipinski definition) is 3. The zero-order chi connectivity index (χ0) is 20.0. The van der Waals surface area contributed by atoms with Gasteiger partial charge in [-0.25, -0.2) is 0 Å². The maximum atomic E-state index is 12.6. The Morgan fingerprint density at radius 2 is 1.89 bits per heavy atom. The van der Waals surface area contributed by atoms with Crippen LogP contribution in [-0.2, 0) is 11.3 Å². The summed E-state index contributed by atoms with van der Waals surface area (Å²) in [5, 5.41) is 7.86. The summed E-state index contributed by atoms with van der Waals surface area (Å²) in [6.45, 7) is 8.83. The molecule has 0 spiro atoms. The molecule has 0 radical (unpaired) electrons. The number of thiocarbonyl (C=S) groups is 1. The Hall–Kier alpha value is -2.45. The highest BCUT2D eigenvalue weighted by Gasteiger charge is 2.19. The van der Waals surface area contributed by atoms with Gasteiger partial charge in [0, 0.05) is 18.8 Å². The number of carbonyl (C=O) groups excluding carboxylic acids is 1. The molecular formula is C19H27N5O2S. The lowest BCUT2D eigenvalue weighted by Crippen LogP contribution is -2.50. The predicted octanol–water partition coefficient (Wildman–Crippen LogP) is 2.00. The minimum Gasteiger partial charge on any atom is -0.383 e. The largest absolute Gasteiger partial charge is 0.383 e. The standard InChI is InChI=1S/C19H27N5O2S/c1-12-6-8-16(9-7-12)10-24-15(4)17(14(3)23-24)18(25)21-22-19(27)20-13(2)11-26-5/h6-9,13H,10-11H2,1-5H3,(H,21,25)(H2,20,22,27)/t13-/m1/s1. The third-order valence-electron chi connectivity index (χ3n) is 4.15. The predicted molar refractivity (Wildman–Crippen MR) is 110 cm³/mol. The number of nitrogens with zero attached hydrogens (tertiary/aromatic N) is 2. The van der Waals surface area contributed by atoms with E-state index in [-0.39, 0.29) is 11.9 Å². The van der Waals surface area contributed by atoms with Gasteiger partial charge in [-0.15, -0.1) is 0 Å². The molecule has 1 atom stereocenters. The highest BCUT2D eigenvalue weighted by atomic mass is 32.1. The third-order valence-corrected chi connectivity index (χ3v) is 4.37. The summed E-state index contributed by atoms with van der Waals surface area (Å²) >= 11 is 5.17. The minimum atomic E-state index is -0.274. The van der Waals surface area contributed by atoms with Gasteiger partial charge in [-0.3, -0.25) is 20.3 Å². The number of amides is 1. The molecule has 146 valence electrons. The van der Waals surface area contributed by atoms with E-state index in [2.05, 4.69) is 52.5 Å². The Bertz CT molecular complexity index is 801. The fraction of sp³-hybridized carbons (Fsp3) is 0.421. The summed E-state index contributed by atoms with van der Waals surface area (Å²) in [4.78, 5) is 12.6. The van der Waals surface area contributed by atoms with E-state index in [4.69, 9.17) is 17.0 Å². The lowest BCUT2D eigenvalue weighted by molar-refractivity contribution is 0.0942. The number of methoxy groups -OCH3 is 1. The molecule has 7 nitrogen and oxygen atoms in total. The van der Waals surface area contributed by atoms with Crippen molar-refractivity contribution in [3.8, 4) is 0 Å². The van der Waals surface area contributed by atoms with Crippen LogP contribution < -0.4 is 16.2 Å². The number of carbonyl (C=O) groups is 1. The summed E-state index contributed by atoms with van der Waals surface area (Å²) in [6.07, 6.45) is 0. The van der Waals surface area contributed by atoms with Crippen molar-refractivity contribution in [1.82, 2.24) is 25.9 Å². The van der Waals surface area contributed by atoms with Crippen LogP contribution in [0.15, 0.2) is 24.3 Å².